The van der Waals surface area contributed by atoms with Gasteiger partial charge >= 0.3 is 0 Å². The van der Waals surface area contributed by atoms with Crippen LogP contribution >= 0.6 is 0 Å². The maximum atomic E-state index is 15.2. The first-order valence-electron chi connectivity index (χ1n) is 12.2. The molecule has 0 bridgehead atoms. The van der Waals surface area contributed by atoms with E-state index in [1.54, 1.807) is 13.8 Å². The van der Waals surface area contributed by atoms with Gasteiger partial charge in [-0.05, 0) is 33.1 Å². The quantitative estimate of drug-likeness (QED) is 0.531. The summed E-state index contributed by atoms with van der Waals surface area (Å²) in [6.45, 7) is 12.2. The Morgan fingerprint density at radius 3 is 2.64 bits per heavy atom. The standard InChI is InChI=1S/C27H39FN2O6/c1-7-8-20-25(33)17(3)35-12-11-16(2)9-10-22(21(28)13-19-15-36-18(4)29-19)30-24(32)14-23(31)27(5,6)26(20)34/h7,9,13,15,17,20,22-23,25,31,33H,1,8,10-12,14H2,2-6H3,(H,30,32)/b16-9-,21-13-/t17-,20-,22+,23+,25-/m1/s1. The molecule has 0 radical (unpaired) electrons. The minimum atomic E-state index is -1.36. The lowest BCUT2D eigenvalue weighted by Gasteiger charge is -2.35. The largest absolute Gasteiger partial charge is 0.449 e. The van der Waals surface area contributed by atoms with Gasteiger partial charge in [-0.3, -0.25) is 9.59 Å². The zero-order valence-electron chi connectivity index (χ0n) is 21.8. The number of rotatable bonds is 4. The zero-order valence-corrected chi connectivity index (χ0v) is 21.8. The van der Waals surface area contributed by atoms with E-state index >= 15 is 4.39 Å². The monoisotopic (exact) mass is 506 g/mol. The number of nitrogens with one attached hydrogen (secondary N) is 1. The Morgan fingerprint density at radius 2 is 2.03 bits per heavy atom. The van der Waals surface area contributed by atoms with E-state index in [1.165, 1.54) is 32.3 Å². The van der Waals surface area contributed by atoms with Crippen LogP contribution in [0, 0.1) is 18.3 Å². The summed E-state index contributed by atoms with van der Waals surface area (Å²) in [5.74, 6) is -2.11. The Labute approximate surface area is 212 Å². The number of carbonyl (C=O) groups is 2. The number of hydrogen-bond donors (Lipinski definition) is 3. The molecule has 200 valence electrons. The molecule has 36 heavy (non-hydrogen) atoms. The van der Waals surface area contributed by atoms with Crippen molar-refractivity contribution in [1.29, 1.82) is 0 Å². The Kier molecular flexibility index (Phi) is 10.8. The number of aryl methyl sites for hydroxylation is 1. The molecule has 0 spiro atoms. The number of hydrogen-bond acceptors (Lipinski definition) is 7. The minimum Gasteiger partial charge on any atom is -0.449 e. The lowest BCUT2D eigenvalue weighted by molar-refractivity contribution is -0.146. The number of aliphatic hydroxyl groups excluding tert-OH is 2. The Balaban J connectivity index is 2.37. The number of oxazole rings is 1. The fourth-order valence-corrected chi connectivity index (χ4v) is 4.09. The van der Waals surface area contributed by atoms with E-state index in [0.717, 1.165) is 5.57 Å². The van der Waals surface area contributed by atoms with E-state index < -0.39 is 59.6 Å². The van der Waals surface area contributed by atoms with Gasteiger partial charge in [-0.2, -0.15) is 0 Å². The Morgan fingerprint density at radius 1 is 1.33 bits per heavy atom. The van der Waals surface area contributed by atoms with Crippen molar-refractivity contribution in [3.05, 3.63) is 48.0 Å². The third-order valence-corrected chi connectivity index (χ3v) is 6.67. The van der Waals surface area contributed by atoms with Crippen LogP contribution in [-0.4, -0.2) is 57.8 Å². The predicted octanol–water partition coefficient (Wildman–Crippen LogP) is 3.82. The summed E-state index contributed by atoms with van der Waals surface area (Å²) >= 11 is 0. The Hall–Kier alpha value is -2.62. The van der Waals surface area contributed by atoms with Crippen LogP contribution in [0.4, 0.5) is 4.39 Å². The van der Waals surface area contributed by atoms with Crippen molar-refractivity contribution in [3.8, 4) is 0 Å². The molecular formula is C27H39FN2O6. The van der Waals surface area contributed by atoms with Gasteiger partial charge in [-0.1, -0.05) is 31.6 Å². The number of ether oxygens (including phenoxy) is 1. The fraction of sp³-hybridized carbons (Fsp3) is 0.593. The maximum absolute atomic E-state index is 15.2. The van der Waals surface area contributed by atoms with E-state index in [1.807, 2.05) is 13.0 Å². The van der Waals surface area contributed by atoms with Gasteiger partial charge in [0.15, 0.2) is 5.89 Å². The molecule has 2 rings (SSSR count). The van der Waals surface area contributed by atoms with Crippen LogP contribution in [-0.2, 0) is 14.3 Å². The second kappa shape index (κ2) is 13.1. The van der Waals surface area contributed by atoms with Crippen LogP contribution < -0.4 is 5.32 Å². The first-order chi connectivity index (χ1) is 16.9. The van der Waals surface area contributed by atoms with Gasteiger partial charge in [-0.15, -0.1) is 6.58 Å². The number of amides is 1. The number of ketones is 1. The van der Waals surface area contributed by atoms with Gasteiger partial charge in [-0.25, -0.2) is 9.37 Å². The number of carbonyl (C=O) groups excluding carboxylic acids is 2. The van der Waals surface area contributed by atoms with E-state index in [-0.39, 0.29) is 25.1 Å². The normalized spacial score (nSPS) is 30.8. The van der Waals surface area contributed by atoms with E-state index in [2.05, 4.69) is 16.9 Å². The second-order valence-electron chi connectivity index (χ2n) is 9.98. The van der Waals surface area contributed by atoms with Crippen LogP contribution in [0.5, 0.6) is 0 Å². The highest BCUT2D eigenvalue weighted by atomic mass is 19.1. The number of halogens is 1. The van der Waals surface area contributed by atoms with Crippen LogP contribution in [0.25, 0.3) is 6.08 Å². The molecule has 0 fully saturated rings. The van der Waals surface area contributed by atoms with Gasteiger partial charge in [0.25, 0.3) is 0 Å². The second-order valence-corrected chi connectivity index (χ2v) is 9.98. The molecule has 1 aromatic heterocycles. The van der Waals surface area contributed by atoms with Crippen molar-refractivity contribution >= 4 is 17.8 Å². The lowest BCUT2D eigenvalue weighted by atomic mass is 9.72. The fourth-order valence-electron chi connectivity index (χ4n) is 4.09. The summed E-state index contributed by atoms with van der Waals surface area (Å²) in [6, 6.07) is -1.00. The van der Waals surface area contributed by atoms with Crippen LogP contribution in [0.2, 0.25) is 0 Å². The molecule has 0 saturated heterocycles. The third kappa shape index (κ3) is 7.94. The number of aliphatic hydroxyl groups is 2. The highest BCUT2D eigenvalue weighted by Crippen LogP contribution is 2.32. The van der Waals surface area contributed by atoms with Crippen molar-refractivity contribution in [1.82, 2.24) is 10.3 Å². The van der Waals surface area contributed by atoms with E-state index in [9.17, 15) is 19.8 Å². The molecule has 1 aromatic rings. The minimum absolute atomic E-state index is 0.161. The van der Waals surface area contributed by atoms with E-state index in [0.29, 0.717) is 12.3 Å². The highest BCUT2D eigenvalue weighted by Gasteiger charge is 2.43. The van der Waals surface area contributed by atoms with Crippen LogP contribution in [0.15, 0.2) is 40.8 Å². The summed E-state index contributed by atoms with van der Waals surface area (Å²) in [5, 5.41) is 24.4. The van der Waals surface area contributed by atoms with Gasteiger partial charge in [0.1, 0.15) is 23.6 Å². The van der Waals surface area contributed by atoms with Crippen molar-refractivity contribution in [2.45, 2.75) is 84.7 Å². The molecule has 5 atom stereocenters. The zero-order chi connectivity index (χ0) is 27.0. The Bertz CT molecular complexity index is 983. The topological polar surface area (TPSA) is 122 Å². The average Bonchev–Trinajstić information content (AvgIpc) is 3.22. The van der Waals surface area contributed by atoms with Crippen molar-refractivity contribution in [2.75, 3.05) is 6.61 Å². The highest BCUT2D eigenvalue weighted by molar-refractivity contribution is 5.88. The molecule has 0 saturated carbocycles. The molecule has 9 heteroatoms. The number of Topliss-reactive ketones (excluding diaryl/α,β-unsaturated/α-hetero) is 1. The molecule has 1 amide bonds. The summed E-state index contributed by atoms with van der Waals surface area (Å²) in [5.41, 5.74) is -0.164. The van der Waals surface area contributed by atoms with Crippen LogP contribution in [0.1, 0.15) is 65.0 Å². The van der Waals surface area contributed by atoms with Crippen molar-refractivity contribution in [2.24, 2.45) is 11.3 Å². The van der Waals surface area contributed by atoms with Gasteiger partial charge in [0.2, 0.25) is 5.91 Å². The van der Waals surface area contributed by atoms with Gasteiger partial charge in [0.05, 0.1) is 48.7 Å². The molecule has 0 unspecified atom stereocenters. The first kappa shape index (κ1) is 29.6. The lowest BCUT2D eigenvalue weighted by Crippen LogP contribution is -2.49. The first-order valence-corrected chi connectivity index (χ1v) is 12.2. The number of nitrogens with zero attached hydrogens (tertiary/aromatic N) is 1. The van der Waals surface area contributed by atoms with E-state index in [4.69, 9.17) is 9.15 Å². The summed E-state index contributed by atoms with van der Waals surface area (Å²) in [6.07, 6.45) is 3.19. The smallest absolute Gasteiger partial charge is 0.223 e. The summed E-state index contributed by atoms with van der Waals surface area (Å²) in [4.78, 5) is 30.3. The predicted molar refractivity (Wildman–Crippen MR) is 134 cm³/mol. The average molecular weight is 507 g/mol. The molecule has 2 heterocycles. The summed E-state index contributed by atoms with van der Waals surface area (Å²) in [7, 11) is 0. The molecule has 8 nitrogen and oxygen atoms in total. The molecule has 3 N–H and O–H groups in total. The summed E-state index contributed by atoms with van der Waals surface area (Å²) < 4.78 is 26.1. The van der Waals surface area contributed by atoms with Gasteiger partial charge in [0, 0.05) is 13.0 Å². The number of aromatic nitrogens is 1. The molecule has 1 aliphatic rings. The SMILES string of the molecule is C=CC[C@H]1C(=O)C(C)(C)[C@@H](O)CC(=O)N[C@H](/C(F)=C/c2coc(C)n2)C/C=C(/C)CCO[C@H](C)[C@H]1O. The van der Waals surface area contributed by atoms with Gasteiger partial charge < -0.3 is 24.7 Å². The molecule has 1 aliphatic heterocycles. The third-order valence-electron chi connectivity index (χ3n) is 6.67. The molecule has 0 aromatic carbocycles. The number of allylic oxidation sites excluding steroid dienone is 1. The molecular weight excluding hydrogens is 467 g/mol. The van der Waals surface area contributed by atoms with Crippen molar-refractivity contribution < 1.29 is 33.3 Å². The maximum Gasteiger partial charge on any atom is 0.223 e. The van der Waals surface area contributed by atoms with Crippen LogP contribution in [0.3, 0.4) is 0 Å². The van der Waals surface area contributed by atoms with Crippen molar-refractivity contribution in [3.63, 3.8) is 0 Å². The molecule has 0 aliphatic carbocycles.